The summed E-state index contributed by atoms with van der Waals surface area (Å²) in [6.45, 7) is 2.06. The molecule has 0 aromatic carbocycles. The lowest BCUT2D eigenvalue weighted by Gasteiger charge is -2.34. The van der Waals surface area contributed by atoms with Crippen LogP contribution in [0.1, 0.15) is 5.56 Å². The highest BCUT2D eigenvalue weighted by Crippen LogP contribution is 2.20. The maximum atomic E-state index is 13.1. The molecule has 2 N–H and O–H groups in total. The van der Waals surface area contributed by atoms with E-state index in [1.54, 1.807) is 0 Å². The lowest BCUT2D eigenvalue weighted by Crippen LogP contribution is -2.48. The van der Waals surface area contributed by atoms with Gasteiger partial charge >= 0.3 is 0 Å². The van der Waals surface area contributed by atoms with Gasteiger partial charge in [-0.1, -0.05) is 0 Å². The van der Waals surface area contributed by atoms with E-state index in [1.165, 1.54) is 16.6 Å². The first-order chi connectivity index (χ1) is 8.91. The average Bonchev–Trinajstić information content (AvgIpc) is 2.37. The van der Waals surface area contributed by atoms with Crippen LogP contribution < -0.4 is 10.6 Å². The van der Waals surface area contributed by atoms with Gasteiger partial charge in [0.05, 0.1) is 12.5 Å². The van der Waals surface area contributed by atoms with E-state index in [9.17, 15) is 12.8 Å². The van der Waals surface area contributed by atoms with Crippen LogP contribution in [0.25, 0.3) is 0 Å². The molecular formula is C11H17FN4O2S. The Morgan fingerprint density at radius 2 is 2.00 bits per heavy atom. The molecule has 1 aromatic rings. The molecule has 0 saturated carbocycles. The topological polar surface area (TPSA) is 79.5 Å². The third kappa shape index (κ3) is 3.20. The molecule has 0 amide bonds. The van der Waals surface area contributed by atoms with Gasteiger partial charge in [0.15, 0.2) is 0 Å². The van der Waals surface area contributed by atoms with Crippen LogP contribution in [0.3, 0.4) is 0 Å². The second-order valence-corrected chi connectivity index (χ2v) is 6.47. The summed E-state index contributed by atoms with van der Waals surface area (Å²) in [6.07, 6.45) is 2.35. The zero-order valence-corrected chi connectivity index (χ0v) is 11.5. The summed E-state index contributed by atoms with van der Waals surface area (Å²) in [7, 11) is -3.15. The highest BCUT2D eigenvalue weighted by molar-refractivity contribution is 7.88. The number of hydrogen-bond acceptors (Lipinski definition) is 5. The molecule has 8 heteroatoms. The molecule has 1 aromatic heterocycles. The number of sulfonamides is 1. The molecule has 0 radical (unpaired) electrons. The predicted molar refractivity (Wildman–Crippen MR) is 70.7 cm³/mol. The van der Waals surface area contributed by atoms with Crippen LogP contribution in [0, 0.1) is 5.82 Å². The van der Waals surface area contributed by atoms with Gasteiger partial charge in [-0.25, -0.2) is 17.8 Å². The Hall–Kier alpha value is -1.25. The summed E-state index contributed by atoms with van der Waals surface area (Å²) in [5, 5.41) is 0. The van der Waals surface area contributed by atoms with Crippen molar-refractivity contribution in [1.82, 2.24) is 9.29 Å². The zero-order chi connectivity index (χ0) is 14.0. The minimum atomic E-state index is -3.15. The normalized spacial score (nSPS) is 17.7. The number of piperazine rings is 1. The minimum Gasteiger partial charge on any atom is -0.354 e. The standard InChI is InChI=1S/C11H17FN4O2S/c1-19(17,18)16-4-2-15(3-5-16)11-9(7-13)6-10(12)8-14-11/h6,8H,2-5,7,13H2,1H3. The molecule has 0 spiro atoms. The molecule has 0 atom stereocenters. The molecule has 106 valence electrons. The van der Waals surface area contributed by atoms with Gasteiger partial charge in [-0.3, -0.25) is 0 Å². The lowest BCUT2D eigenvalue weighted by molar-refractivity contribution is 0.386. The molecule has 1 aliphatic heterocycles. The van der Waals surface area contributed by atoms with Crippen LogP contribution in [0.4, 0.5) is 10.2 Å². The quantitative estimate of drug-likeness (QED) is 0.830. The van der Waals surface area contributed by atoms with Crippen molar-refractivity contribution >= 4 is 15.8 Å². The summed E-state index contributed by atoms with van der Waals surface area (Å²) < 4.78 is 37.4. The van der Waals surface area contributed by atoms with Crippen LogP contribution in [-0.4, -0.2) is 50.1 Å². The minimum absolute atomic E-state index is 0.201. The van der Waals surface area contributed by atoms with Gasteiger partial charge < -0.3 is 10.6 Å². The van der Waals surface area contributed by atoms with Crippen LogP contribution in [0.2, 0.25) is 0 Å². The van der Waals surface area contributed by atoms with E-state index >= 15 is 0 Å². The second kappa shape index (κ2) is 5.40. The van der Waals surface area contributed by atoms with E-state index in [-0.39, 0.29) is 6.54 Å². The highest BCUT2D eigenvalue weighted by atomic mass is 32.2. The van der Waals surface area contributed by atoms with E-state index < -0.39 is 15.8 Å². The lowest BCUT2D eigenvalue weighted by atomic mass is 10.2. The number of nitrogens with zero attached hydrogens (tertiary/aromatic N) is 3. The molecule has 1 saturated heterocycles. The van der Waals surface area contributed by atoms with Gasteiger partial charge in [-0.15, -0.1) is 0 Å². The Balaban J connectivity index is 2.14. The molecule has 1 fully saturated rings. The van der Waals surface area contributed by atoms with Gasteiger partial charge in [-0.2, -0.15) is 4.31 Å². The van der Waals surface area contributed by atoms with Crippen molar-refractivity contribution in [3.05, 3.63) is 23.6 Å². The van der Waals surface area contributed by atoms with Gasteiger partial charge in [0, 0.05) is 38.3 Å². The molecular weight excluding hydrogens is 271 g/mol. The highest BCUT2D eigenvalue weighted by Gasteiger charge is 2.25. The van der Waals surface area contributed by atoms with Crippen LogP contribution in [0.15, 0.2) is 12.3 Å². The fourth-order valence-electron chi connectivity index (χ4n) is 2.14. The molecule has 0 aliphatic carbocycles. The largest absolute Gasteiger partial charge is 0.354 e. The summed E-state index contributed by atoms with van der Waals surface area (Å²) in [5.74, 6) is 0.219. The summed E-state index contributed by atoms with van der Waals surface area (Å²) in [6, 6.07) is 1.37. The monoisotopic (exact) mass is 288 g/mol. The van der Waals surface area contributed by atoms with E-state index in [4.69, 9.17) is 5.73 Å². The van der Waals surface area contributed by atoms with Crippen molar-refractivity contribution in [2.45, 2.75) is 6.54 Å². The Kier molecular flexibility index (Phi) is 4.02. The van der Waals surface area contributed by atoms with E-state index in [0.29, 0.717) is 37.6 Å². The number of anilines is 1. The Morgan fingerprint density at radius 1 is 1.37 bits per heavy atom. The number of hydrogen-bond donors (Lipinski definition) is 1. The number of rotatable bonds is 3. The average molecular weight is 288 g/mol. The third-order valence-corrected chi connectivity index (χ3v) is 4.44. The van der Waals surface area contributed by atoms with Crippen molar-refractivity contribution < 1.29 is 12.8 Å². The van der Waals surface area contributed by atoms with Crippen LogP contribution in [-0.2, 0) is 16.6 Å². The molecule has 2 heterocycles. The first kappa shape index (κ1) is 14.2. The maximum Gasteiger partial charge on any atom is 0.211 e. The van der Waals surface area contributed by atoms with E-state index in [0.717, 1.165) is 6.20 Å². The first-order valence-corrected chi connectivity index (χ1v) is 7.81. The van der Waals surface area contributed by atoms with Crippen molar-refractivity contribution in [1.29, 1.82) is 0 Å². The second-order valence-electron chi connectivity index (χ2n) is 4.49. The molecule has 0 bridgehead atoms. The smallest absolute Gasteiger partial charge is 0.211 e. The third-order valence-electron chi connectivity index (χ3n) is 3.14. The number of halogens is 1. The van der Waals surface area contributed by atoms with Crippen LogP contribution >= 0.6 is 0 Å². The number of aromatic nitrogens is 1. The number of nitrogens with two attached hydrogens (primary N) is 1. The maximum absolute atomic E-state index is 13.1. The Bertz CT molecular complexity index is 556. The molecule has 2 rings (SSSR count). The van der Waals surface area contributed by atoms with Crippen LogP contribution in [0.5, 0.6) is 0 Å². The predicted octanol–water partition coefficient (Wildman–Crippen LogP) is -0.239. The fraction of sp³-hybridized carbons (Fsp3) is 0.545. The van der Waals surface area contributed by atoms with Gasteiger partial charge in [0.25, 0.3) is 0 Å². The SMILES string of the molecule is CS(=O)(=O)N1CCN(c2ncc(F)cc2CN)CC1. The molecule has 19 heavy (non-hydrogen) atoms. The summed E-state index contributed by atoms with van der Waals surface area (Å²) in [4.78, 5) is 6.00. The van der Waals surface area contributed by atoms with Gasteiger partial charge in [-0.05, 0) is 6.07 Å². The van der Waals surface area contributed by atoms with Crippen molar-refractivity contribution in [3.63, 3.8) is 0 Å². The Morgan fingerprint density at radius 3 is 2.53 bits per heavy atom. The van der Waals surface area contributed by atoms with E-state index in [1.807, 2.05) is 4.90 Å². The molecule has 0 unspecified atom stereocenters. The summed E-state index contributed by atoms with van der Waals surface area (Å²) in [5.41, 5.74) is 6.22. The molecule has 1 aliphatic rings. The fourth-order valence-corrected chi connectivity index (χ4v) is 2.97. The first-order valence-electron chi connectivity index (χ1n) is 5.96. The van der Waals surface area contributed by atoms with Crippen molar-refractivity contribution in [2.75, 3.05) is 37.3 Å². The Labute approximate surface area is 112 Å². The van der Waals surface area contributed by atoms with Gasteiger partial charge in [0.1, 0.15) is 11.6 Å². The van der Waals surface area contributed by atoms with Crippen molar-refractivity contribution in [3.8, 4) is 0 Å². The number of pyridine rings is 1. The zero-order valence-electron chi connectivity index (χ0n) is 10.7. The van der Waals surface area contributed by atoms with Crippen molar-refractivity contribution in [2.24, 2.45) is 5.73 Å². The van der Waals surface area contributed by atoms with E-state index in [2.05, 4.69) is 4.98 Å². The van der Waals surface area contributed by atoms with Gasteiger partial charge in [0.2, 0.25) is 10.0 Å². The molecule has 6 nitrogen and oxygen atoms in total. The summed E-state index contributed by atoms with van der Waals surface area (Å²) >= 11 is 0.